The molecule has 1 fully saturated rings. The van der Waals surface area contributed by atoms with Crippen molar-refractivity contribution in [3.63, 3.8) is 0 Å². The summed E-state index contributed by atoms with van der Waals surface area (Å²) < 4.78 is 1.87. The topological polar surface area (TPSA) is 252 Å². The summed E-state index contributed by atoms with van der Waals surface area (Å²) in [5.74, 6) is -6.59. The van der Waals surface area contributed by atoms with E-state index in [0.717, 1.165) is 0 Å². The molecular weight excluding hydrogens is 1030 g/mol. The van der Waals surface area contributed by atoms with Crippen LogP contribution in [0.15, 0.2) is 72.6 Å². The largest absolute Gasteiger partial charge is 0.506 e. The number of nitrogens with one attached hydrogen (secondary N) is 5. The average molecular weight is 1110 g/mol. The van der Waals surface area contributed by atoms with Gasteiger partial charge in [-0.1, -0.05) is 69.7 Å². The number of likely N-dealkylation sites (N-methyl/N-ethyl adjacent to an activating group) is 2. The fraction of sp³-hybridized carbons (Fsp3) is 0.536. The van der Waals surface area contributed by atoms with Crippen LogP contribution in [0.3, 0.4) is 0 Å². The minimum absolute atomic E-state index is 0.00794. The third-order valence-corrected chi connectivity index (χ3v) is 14.8. The number of aromatic hydroxyl groups is 1. The quantitative estimate of drug-likeness (QED) is 0.0620. The molecule has 0 radical (unpaired) electrons. The first kappa shape index (κ1) is 61.4. The molecule has 7 N–H and O–H groups in total. The molecule has 1 saturated heterocycles. The number of rotatable bonds is 15. The number of carbonyl (C=O) groups is 8. The molecule has 2 aromatic carbocycles. The number of para-hydroxylation sites is 1. The molecule has 8 amide bonds. The van der Waals surface area contributed by atoms with Crippen molar-refractivity contribution < 1.29 is 48.6 Å². The van der Waals surface area contributed by atoms with Crippen molar-refractivity contribution in [1.82, 2.24) is 40.5 Å². The van der Waals surface area contributed by atoms with Crippen molar-refractivity contribution in [3.05, 3.63) is 83.7 Å². The number of aliphatic hydroxyl groups is 1. The number of anilines is 1. The van der Waals surface area contributed by atoms with Crippen molar-refractivity contribution in [1.29, 1.82) is 0 Å². The second kappa shape index (κ2) is 26.7. The van der Waals surface area contributed by atoms with Gasteiger partial charge in [0.2, 0.25) is 47.3 Å². The van der Waals surface area contributed by atoms with E-state index in [2.05, 4.69) is 26.6 Å². The SMILES string of the molecule is C/C=C/C[C@@H]1NC(=O)[C@H](CC(C)C)N2C=C(C)C[C@@H](C2=O)N(C)C(=O)[C@H](C)NC(=O)[C@H](Cc2ccc(O)c(NC(=O)CCl)c2)NC(=O)[C@H](CC(C)C)N(C)C(=O)[C@H](Cc2cn(C(C)(C)[C@H](O)CCl)c3ccccc23)NC1=O. The van der Waals surface area contributed by atoms with E-state index >= 15 is 4.79 Å². The van der Waals surface area contributed by atoms with Crippen LogP contribution in [-0.2, 0) is 56.7 Å². The standard InChI is InChI=1S/C56H77Cl2N9O10/c1-12-13-17-38-49(71)63-41(26-36-30-67(56(8,9)47(69)27-57)42-18-15-14-16-37(36)42)54(76)64(10)43(21-31(2)3)51(73)62-40(25-35-19-20-46(68)39(24-35)60-48(70)28-58)50(72)59-34(7)53(75)65(11)45-23-33(6)29-66(55(45)77)44(22-32(4)5)52(74)61-38/h12-16,18-20,24,29-32,34,38,40-41,43-45,47,68-69H,17,21-23,25-28H2,1-11H3,(H,59,72)(H,60,70)(H,61,74)(H,62,73)(H,63,71)/b13-12+/t34-,38-,40-,41-,43-,44-,45-,47+/m0/s1. The predicted octanol–water partition coefficient (Wildman–Crippen LogP) is 4.83. The fourth-order valence-corrected chi connectivity index (χ4v) is 10.2. The molecule has 3 heterocycles. The molecule has 3 aromatic rings. The van der Waals surface area contributed by atoms with Gasteiger partial charge in [0.1, 0.15) is 53.9 Å². The van der Waals surface area contributed by atoms with E-state index < -0.39 is 107 Å². The van der Waals surface area contributed by atoms with Crippen LogP contribution in [0.5, 0.6) is 5.75 Å². The maximum Gasteiger partial charge on any atom is 0.250 e. The van der Waals surface area contributed by atoms with Gasteiger partial charge in [-0.2, -0.15) is 0 Å². The summed E-state index contributed by atoms with van der Waals surface area (Å²) in [6, 6.07) is 2.70. The Labute approximate surface area is 461 Å². The van der Waals surface area contributed by atoms with E-state index in [0.29, 0.717) is 27.6 Å². The highest BCUT2D eigenvalue weighted by Gasteiger charge is 2.43. The van der Waals surface area contributed by atoms with Crippen LogP contribution in [0, 0.1) is 11.8 Å². The van der Waals surface area contributed by atoms with Gasteiger partial charge in [-0.3, -0.25) is 38.4 Å². The maximum absolute atomic E-state index is 15.4. The fourth-order valence-electron chi connectivity index (χ4n) is 9.79. The van der Waals surface area contributed by atoms with Gasteiger partial charge in [-0.25, -0.2) is 0 Å². The van der Waals surface area contributed by atoms with Gasteiger partial charge >= 0.3 is 0 Å². The number of phenols is 1. The number of benzene rings is 2. The van der Waals surface area contributed by atoms with Crippen LogP contribution in [-0.4, -0.2) is 151 Å². The first-order valence-electron chi connectivity index (χ1n) is 26.1. The van der Waals surface area contributed by atoms with Crippen molar-refractivity contribution in [2.45, 2.75) is 155 Å². The molecule has 0 unspecified atom stereocenters. The number of fused-ring (bicyclic) bond motifs is 3. The van der Waals surface area contributed by atoms with Gasteiger partial charge in [0.15, 0.2) is 0 Å². The summed E-state index contributed by atoms with van der Waals surface area (Å²) in [7, 11) is 2.86. The van der Waals surface area contributed by atoms with E-state index in [1.807, 2.05) is 70.4 Å². The third kappa shape index (κ3) is 15.0. The number of amides is 8. The zero-order chi connectivity index (χ0) is 57.2. The molecule has 19 nitrogen and oxygen atoms in total. The monoisotopic (exact) mass is 1110 g/mol. The average Bonchev–Trinajstić information content (AvgIpc) is 3.76. The molecule has 0 aliphatic carbocycles. The Kier molecular flexibility index (Phi) is 21.3. The Morgan fingerprint density at radius 1 is 0.805 bits per heavy atom. The summed E-state index contributed by atoms with van der Waals surface area (Å²) in [4.78, 5) is 120. The number of hydrogen-bond donors (Lipinski definition) is 7. The van der Waals surface area contributed by atoms with Gasteiger partial charge in [0.25, 0.3) is 0 Å². The van der Waals surface area contributed by atoms with Crippen molar-refractivity contribution in [2.24, 2.45) is 11.8 Å². The van der Waals surface area contributed by atoms with Crippen LogP contribution in [0.1, 0.15) is 99.1 Å². The molecule has 0 spiro atoms. The minimum Gasteiger partial charge on any atom is -0.506 e. The molecule has 2 aliphatic rings. The van der Waals surface area contributed by atoms with Crippen LogP contribution in [0.4, 0.5) is 5.69 Å². The lowest BCUT2D eigenvalue weighted by atomic mass is 9.95. The van der Waals surface area contributed by atoms with Gasteiger partial charge in [0, 0.05) is 50.2 Å². The summed E-state index contributed by atoms with van der Waals surface area (Å²) in [6.45, 7) is 16.1. The molecule has 77 heavy (non-hydrogen) atoms. The number of hydrogen-bond acceptors (Lipinski definition) is 10. The molecule has 2 bridgehead atoms. The summed E-state index contributed by atoms with van der Waals surface area (Å²) in [5.41, 5.74) is 1.40. The number of aliphatic hydroxyl groups excluding tert-OH is 1. The maximum atomic E-state index is 15.4. The molecule has 1 aromatic heterocycles. The van der Waals surface area contributed by atoms with E-state index in [4.69, 9.17) is 23.2 Å². The molecule has 420 valence electrons. The lowest BCUT2D eigenvalue weighted by Gasteiger charge is -2.39. The highest BCUT2D eigenvalue weighted by atomic mass is 35.5. The summed E-state index contributed by atoms with van der Waals surface area (Å²) in [6.07, 6.45) is 5.79. The van der Waals surface area contributed by atoms with Gasteiger partial charge in [-0.05, 0) is 101 Å². The Hall–Kier alpha value is -6.44. The molecule has 2 aliphatic heterocycles. The Bertz CT molecular complexity index is 2740. The van der Waals surface area contributed by atoms with Crippen LogP contribution in [0.2, 0.25) is 0 Å². The first-order valence-corrected chi connectivity index (χ1v) is 27.2. The van der Waals surface area contributed by atoms with Crippen molar-refractivity contribution >= 4 is 87.0 Å². The van der Waals surface area contributed by atoms with Crippen LogP contribution < -0.4 is 26.6 Å². The second-order valence-corrected chi connectivity index (χ2v) is 22.2. The van der Waals surface area contributed by atoms with Crippen LogP contribution in [0.25, 0.3) is 10.9 Å². The Balaban J connectivity index is 1.71. The Morgan fingerprint density at radius 2 is 1.42 bits per heavy atom. The van der Waals surface area contributed by atoms with Gasteiger partial charge in [0.05, 0.1) is 23.2 Å². The molecule has 5 rings (SSSR count). The van der Waals surface area contributed by atoms with Gasteiger partial charge in [-0.15, -0.1) is 23.2 Å². The number of allylic oxidation sites excluding steroid dienone is 1. The number of aromatic nitrogens is 1. The predicted molar refractivity (Wildman–Crippen MR) is 297 cm³/mol. The smallest absolute Gasteiger partial charge is 0.250 e. The highest BCUT2D eigenvalue weighted by Crippen LogP contribution is 2.32. The minimum atomic E-state index is -1.44. The number of alkyl halides is 2. The zero-order valence-electron chi connectivity index (χ0n) is 46.0. The molecule has 0 saturated carbocycles. The van der Waals surface area contributed by atoms with Crippen molar-refractivity contribution in [3.8, 4) is 5.75 Å². The number of halogens is 2. The molecule has 8 atom stereocenters. The lowest BCUT2D eigenvalue weighted by molar-refractivity contribution is -0.149. The summed E-state index contributed by atoms with van der Waals surface area (Å²) >= 11 is 11.9. The van der Waals surface area contributed by atoms with E-state index in [9.17, 15) is 43.8 Å². The Morgan fingerprint density at radius 3 is 2.05 bits per heavy atom. The first-order chi connectivity index (χ1) is 36.2. The number of phenolic OH excluding ortho intramolecular Hbond substituents is 1. The van der Waals surface area contributed by atoms with Gasteiger partial charge < -0.3 is 56.1 Å². The molecular formula is C56H77Cl2N9O10. The van der Waals surface area contributed by atoms with E-state index in [1.165, 1.54) is 53.9 Å². The number of nitrogens with zero attached hydrogens (tertiary/aromatic N) is 4. The van der Waals surface area contributed by atoms with E-state index in [-0.39, 0.29) is 67.7 Å². The number of carbonyl (C=O) groups excluding carboxylic acids is 8. The lowest BCUT2D eigenvalue weighted by Crippen LogP contribution is -2.60. The normalized spacial score (nSPS) is 23.4. The van der Waals surface area contributed by atoms with Crippen molar-refractivity contribution in [2.75, 3.05) is 31.2 Å². The zero-order valence-corrected chi connectivity index (χ0v) is 47.5. The second-order valence-electron chi connectivity index (χ2n) is 21.7. The van der Waals surface area contributed by atoms with E-state index in [1.54, 1.807) is 38.4 Å². The van der Waals surface area contributed by atoms with Crippen LogP contribution >= 0.6 is 23.2 Å². The highest BCUT2D eigenvalue weighted by molar-refractivity contribution is 6.29. The molecule has 21 heteroatoms. The summed E-state index contributed by atoms with van der Waals surface area (Å²) in [5, 5.41) is 36.4. The third-order valence-electron chi connectivity index (χ3n) is 14.3.